The maximum atomic E-state index is 5.73. The van der Waals surface area contributed by atoms with Crippen LogP contribution >= 0.6 is 24.0 Å². The summed E-state index contributed by atoms with van der Waals surface area (Å²) < 4.78 is 16.3. The number of rotatable bonds is 10. The number of methoxy groups -OCH3 is 1. The van der Waals surface area contributed by atoms with E-state index in [1.165, 1.54) is 19.3 Å². The molecular formula is C21H33IN4O3. The fourth-order valence-electron chi connectivity index (χ4n) is 3.48. The zero-order valence-corrected chi connectivity index (χ0v) is 19.5. The third-order valence-corrected chi connectivity index (χ3v) is 4.97. The monoisotopic (exact) mass is 516 g/mol. The van der Waals surface area contributed by atoms with Crippen LogP contribution in [0, 0.1) is 0 Å². The fourth-order valence-corrected chi connectivity index (χ4v) is 3.48. The van der Waals surface area contributed by atoms with Crippen LogP contribution < -0.4 is 10.6 Å². The summed E-state index contributed by atoms with van der Waals surface area (Å²) in [6.45, 7) is 4.93. The molecule has 1 fully saturated rings. The number of furan rings is 2. The molecule has 2 aromatic rings. The van der Waals surface area contributed by atoms with Gasteiger partial charge in [0, 0.05) is 26.6 Å². The van der Waals surface area contributed by atoms with Gasteiger partial charge in [-0.05, 0) is 50.2 Å². The van der Waals surface area contributed by atoms with Crippen LogP contribution in [0.4, 0.5) is 0 Å². The Morgan fingerprint density at radius 2 is 1.86 bits per heavy atom. The molecular weight excluding hydrogens is 483 g/mol. The van der Waals surface area contributed by atoms with Gasteiger partial charge in [-0.3, -0.25) is 9.89 Å². The van der Waals surface area contributed by atoms with Crippen molar-refractivity contribution in [3.63, 3.8) is 0 Å². The Morgan fingerprint density at radius 1 is 1.10 bits per heavy atom. The van der Waals surface area contributed by atoms with Gasteiger partial charge < -0.3 is 24.2 Å². The Hall–Kier alpha value is -1.52. The first-order valence-electron chi connectivity index (χ1n) is 10.2. The molecule has 162 valence electrons. The average molecular weight is 516 g/mol. The van der Waals surface area contributed by atoms with Crippen LogP contribution in [0.3, 0.4) is 0 Å². The summed E-state index contributed by atoms with van der Waals surface area (Å²) in [5.41, 5.74) is 0. The quantitative estimate of drug-likeness (QED) is 0.218. The van der Waals surface area contributed by atoms with E-state index in [0.717, 1.165) is 43.5 Å². The summed E-state index contributed by atoms with van der Waals surface area (Å²) in [6, 6.07) is 8.07. The average Bonchev–Trinajstić information content (AvgIpc) is 3.43. The smallest absolute Gasteiger partial charge is 0.191 e. The molecule has 7 nitrogen and oxygen atoms in total. The number of hydrogen-bond acceptors (Lipinski definition) is 5. The molecule has 1 atom stereocenters. The Bertz CT molecular complexity index is 670. The molecule has 1 saturated heterocycles. The van der Waals surface area contributed by atoms with E-state index in [0.29, 0.717) is 19.7 Å². The number of halogens is 1. The van der Waals surface area contributed by atoms with E-state index in [2.05, 4.69) is 21.6 Å². The predicted molar refractivity (Wildman–Crippen MR) is 125 cm³/mol. The van der Waals surface area contributed by atoms with E-state index in [4.69, 9.17) is 18.6 Å². The Labute approximate surface area is 190 Å². The van der Waals surface area contributed by atoms with Gasteiger partial charge in [0.15, 0.2) is 5.96 Å². The molecule has 29 heavy (non-hydrogen) atoms. The summed E-state index contributed by atoms with van der Waals surface area (Å²) >= 11 is 0. The van der Waals surface area contributed by atoms with E-state index in [1.54, 1.807) is 19.6 Å². The maximum Gasteiger partial charge on any atom is 0.191 e. The second-order valence-electron chi connectivity index (χ2n) is 6.99. The minimum absolute atomic E-state index is 0. The van der Waals surface area contributed by atoms with Crippen LogP contribution in [0.5, 0.6) is 0 Å². The molecule has 2 N–H and O–H groups in total. The Balaban J connectivity index is 0.00000300. The molecule has 1 unspecified atom stereocenters. The van der Waals surface area contributed by atoms with Crippen LogP contribution in [0.25, 0.3) is 0 Å². The van der Waals surface area contributed by atoms with Gasteiger partial charge in [-0.2, -0.15) is 0 Å². The number of guanidine groups is 1. The fraction of sp³-hybridized carbons (Fsp3) is 0.571. The molecule has 2 aromatic heterocycles. The molecule has 0 radical (unpaired) electrons. The Kier molecular flexibility index (Phi) is 11.2. The lowest BCUT2D eigenvalue weighted by Crippen LogP contribution is -2.41. The number of ether oxygens (including phenoxy) is 1. The lowest BCUT2D eigenvalue weighted by Gasteiger charge is -2.32. The number of hydrogen-bond donors (Lipinski definition) is 2. The van der Waals surface area contributed by atoms with Crippen LogP contribution in [0.1, 0.15) is 36.8 Å². The zero-order valence-electron chi connectivity index (χ0n) is 17.1. The van der Waals surface area contributed by atoms with Gasteiger partial charge in [-0.1, -0.05) is 6.42 Å². The van der Waals surface area contributed by atoms with Crippen molar-refractivity contribution >= 4 is 29.9 Å². The lowest BCUT2D eigenvalue weighted by atomic mass is 10.1. The number of aliphatic imine (C=N–C) groups is 1. The van der Waals surface area contributed by atoms with E-state index >= 15 is 0 Å². The predicted octanol–water partition coefficient (Wildman–Crippen LogP) is 3.44. The standard InChI is InChI=1S/C21H32N4O3.HI/c1-26-16-11-23-21(22-10-9-18-7-5-14-27-18)24-17-19(20-8-6-15-28-20)25-12-3-2-4-13-25;/h5-8,14-15,19H,2-4,9-13,16-17H2,1H3,(H2,22,23,24);1H. The van der Waals surface area contributed by atoms with Crippen molar-refractivity contribution in [1.29, 1.82) is 0 Å². The van der Waals surface area contributed by atoms with Gasteiger partial charge in [0.1, 0.15) is 11.5 Å². The van der Waals surface area contributed by atoms with Crippen molar-refractivity contribution < 1.29 is 13.6 Å². The summed E-state index contributed by atoms with van der Waals surface area (Å²) in [7, 11) is 1.70. The summed E-state index contributed by atoms with van der Waals surface area (Å²) in [6.07, 6.45) is 8.04. The van der Waals surface area contributed by atoms with Gasteiger partial charge in [0.05, 0.1) is 31.7 Å². The highest BCUT2D eigenvalue weighted by Crippen LogP contribution is 2.25. The SMILES string of the molecule is COCCNC(=NCC(c1ccco1)N1CCCCC1)NCCc1ccco1.I. The highest BCUT2D eigenvalue weighted by molar-refractivity contribution is 14.0. The zero-order chi connectivity index (χ0) is 19.4. The molecule has 8 heteroatoms. The van der Waals surface area contributed by atoms with Gasteiger partial charge in [-0.25, -0.2) is 0 Å². The van der Waals surface area contributed by atoms with Crippen molar-refractivity contribution in [2.45, 2.75) is 31.7 Å². The normalized spacial score (nSPS) is 16.2. The number of nitrogens with one attached hydrogen (secondary N) is 2. The Morgan fingerprint density at radius 3 is 2.55 bits per heavy atom. The number of likely N-dealkylation sites (tertiary alicyclic amines) is 1. The summed E-state index contributed by atoms with van der Waals surface area (Å²) in [4.78, 5) is 7.34. The highest BCUT2D eigenvalue weighted by Gasteiger charge is 2.24. The number of piperidine rings is 1. The van der Waals surface area contributed by atoms with Crippen LogP contribution in [-0.2, 0) is 11.2 Å². The van der Waals surface area contributed by atoms with Gasteiger partial charge in [0.2, 0.25) is 0 Å². The van der Waals surface area contributed by atoms with Crippen molar-refractivity contribution in [2.75, 3.05) is 46.4 Å². The largest absolute Gasteiger partial charge is 0.469 e. The summed E-state index contributed by atoms with van der Waals surface area (Å²) in [5, 5.41) is 6.73. The van der Waals surface area contributed by atoms with E-state index < -0.39 is 0 Å². The number of nitrogens with zero attached hydrogens (tertiary/aromatic N) is 2. The molecule has 0 aromatic carbocycles. The first-order chi connectivity index (χ1) is 13.9. The van der Waals surface area contributed by atoms with E-state index in [1.807, 2.05) is 18.2 Å². The van der Waals surface area contributed by atoms with Crippen LogP contribution in [0.2, 0.25) is 0 Å². The maximum absolute atomic E-state index is 5.73. The van der Waals surface area contributed by atoms with Gasteiger partial charge >= 0.3 is 0 Å². The molecule has 3 heterocycles. The second kappa shape index (κ2) is 13.7. The van der Waals surface area contributed by atoms with Gasteiger partial charge in [-0.15, -0.1) is 24.0 Å². The molecule has 0 spiro atoms. The third-order valence-electron chi connectivity index (χ3n) is 4.97. The third kappa shape index (κ3) is 8.02. The molecule has 1 aliphatic rings. The second-order valence-corrected chi connectivity index (χ2v) is 6.99. The minimum Gasteiger partial charge on any atom is -0.469 e. The molecule has 0 bridgehead atoms. The lowest BCUT2D eigenvalue weighted by molar-refractivity contribution is 0.150. The molecule has 0 saturated carbocycles. The van der Waals surface area contributed by atoms with Crippen LogP contribution in [0.15, 0.2) is 50.6 Å². The summed E-state index contributed by atoms with van der Waals surface area (Å²) in [5.74, 6) is 2.74. The highest BCUT2D eigenvalue weighted by atomic mass is 127. The van der Waals surface area contributed by atoms with E-state index in [9.17, 15) is 0 Å². The first kappa shape index (κ1) is 23.8. The molecule has 0 aliphatic carbocycles. The molecule has 3 rings (SSSR count). The van der Waals surface area contributed by atoms with Crippen molar-refractivity contribution in [3.8, 4) is 0 Å². The first-order valence-corrected chi connectivity index (χ1v) is 10.2. The van der Waals surface area contributed by atoms with Gasteiger partial charge in [0.25, 0.3) is 0 Å². The van der Waals surface area contributed by atoms with Crippen molar-refractivity contribution in [3.05, 3.63) is 48.3 Å². The van der Waals surface area contributed by atoms with E-state index in [-0.39, 0.29) is 30.0 Å². The molecule has 1 aliphatic heterocycles. The van der Waals surface area contributed by atoms with Crippen LogP contribution in [-0.4, -0.2) is 57.3 Å². The molecule has 0 amide bonds. The van der Waals surface area contributed by atoms with Crippen molar-refractivity contribution in [2.24, 2.45) is 4.99 Å². The topological polar surface area (TPSA) is 75.2 Å². The van der Waals surface area contributed by atoms with Crippen molar-refractivity contribution in [1.82, 2.24) is 15.5 Å². The minimum atomic E-state index is 0.